The number of nitrogen functional groups attached to an aromatic ring is 1. The number of nitrogens with two attached hydrogens (primary N) is 1. The summed E-state index contributed by atoms with van der Waals surface area (Å²) in [6.07, 6.45) is 5.16. The average molecular weight is 369 g/mol. The van der Waals surface area contributed by atoms with E-state index in [-0.39, 0.29) is 6.04 Å². The molecule has 7 heteroatoms. The molecule has 0 amide bonds. The molecule has 4 aromatic rings. The molecule has 0 aliphatic carbocycles. The number of rotatable bonds is 4. The highest BCUT2D eigenvalue weighted by Gasteiger charge is 2.10. The number of anilines is 3. The second-order valence-corrected chi connectivity index (χ2v) is 6.64. The summed E-state index contributed by atoms with van der Waals surface area (Å²) < 4.78 is 1.60. The van der Waals surface area contributed by atoms with Crippen LogP contribution in [0.25, 0.3) is 22.0 Å². The standard InChI is InChI=1S/C21H19N7/c1-13-5-3-4-6-17(13)19-7-15-8-20(24-11-18(15)21(23)27-19)26-16-10-25-28(12-16)14(2)9-22/h3-8,10-12,14H,1-2H3,(H2,23,27)(H,24,26)/t14-/m1/s1. The van der Waals surface area contributed by atoms with Gasteiger partial charge in [0.25, 0.3) is 0 Å². The van der Waals surface area contributed by atoms with Gasteiger partial charge in [0.05, 0.1) is 23.6 Å². The van der Waals surface area contributed by atoms with Crippen molar-refractivity contribution in [2.24, 2.45) is 0 Å². The van der Waals surface area contributed by atoms with E-state index in [1.807, 2.05) is 30.3 Å². The summed E-state index contributed by atoms with van der Waals surface area (Å²) in [5, 5.41) is 18.2. The van der Waals surface area contributed by atoms with Gasteiger partial charge in [-0.25, -0.2) is 9.97 Å². The molecule has 28 heavy (non-hydrogen) atoms. The Morgan fingerprint density at radius 2 is 2.04 bits per heavy atom. The molecular weight excluding hydrogens is 350 g/mol. The summed E-state index contributed by atoms with van der Waals surface area (Å²) in [6.45, 7) is 3.84. The van der Waals surface area contributed by atoms with Gasteiger partial charge in [0.15, 0.2) is 0 Å². The van der Waals surface area contributed by atoms with Crippen LogP contribution in [0, 0.1) is 18.3 Å². The third-order valence-corrected chi connectivity index (χ3v) is 4.62. The minimum atomic E-state index is -0.331. The van der Waals surface area contributed by atoms with Crippen LogP contribution in [0.3, 0.4) is 0 Å². The maximum atomic E-state index is 9.01. The Balaban J connectivity index is 1.71. The second kappa shape index (κ2) is 7.00. The number of aromatic nitrogens is 4. The fourth-order valence-corrected chi connectivity index (χ4v) is 3.06. The smallest absolute Gasteiger partial charge is 0.135 e. The summed E-state index contributed by atoms with van der Waals surface area (Å²) in [7, 11) is 0. The van der Waals surface area contributed by atoms with Gasteiger partial charge in [-0.2, -0.15) is 10.4 Å². The van der Waals surface area contributed by atoms with Crippen LogP contribution in [0.4, 0.5) is 17.3 Å². The van der Waals surface area contributed by atoms with E-state index < -0.39 is 0 Å². The van der Waals surface area contributed by atoms with Gasteiger partial charge in [0, 0.05) is 23.3 Å². The lowest BCUT2D eigenvalue weighted by molar-refractivity contribution is 0.591. The molecule has 0 radical (unpaired) electrons. The molecule has 0 saturated carbocycles. The van der Waals surface area contributed by atoms with E-state index in [1.165, 1.54) is 0 Å². The first kappa shape index (κ1) is 17.5. The Morgan fingerprint density at radius 3 is 2.82 bits per heavy atom. The van der Waals surface area contributed by atoms with Crippen molar-refractivity contribution in [3.05, 3.63) is 60.6 Å². The monoisotopic (exact) mass is 369 g/mol. The third kappa shape index (κ3) is 3.23. The van der Waals surface area contributed by atoms with Gasteiger partial charge in [0.2, 0.25) is 0 Å². The molecular formula is C21H19N7. The van der Waals surface area contributed by atoms with Gasteiger partial charge in [-0.05, 0) is 36.9 Å². The largest absolute Gasteiger partial charge is 0.383 e. The maximum Gasteiger partial charge on any atom is 0.135 e. The van der Waals surface area contributed by atoms with Crippen LogP contribution in [0.2, 0.25) is 0 Å². The van der Waals surface area contributed by atoms with Crippen molar-refractivity contribution < 1.29 is 0 Å². The van der Waals surface area contributed by atoms with Crippen LogP contribution in [0.15, 0.2) is 55.0 Å². The summed E-state index contributed by atoms with van der Waals surface area (Å²) in [4.78, 5) is 8.98. The average Bonchev–Trinajstić information content (AvgIpc) is 3.16. The van der Waals surface area contributed by atoms with Crippen molar-refractivity contribution in [3.8, 4) is 17.3 Å². The van der Waals surface area contributed by atoms with Gasteiger partial charge in [-0.1, -0.05) is 24.3 Å². The summed E-state index contributed by atoms with van der Waals surface area (Å²) >= 11 is 0. The number of hydrogen-bond acceptors (Lipinski definition) is 6. The molecule has 138 valence electrons. The number of pyridine rings is 2. The first-order chi connectivity index (χ1) is 13.5. The highest BCUT2D eigenvalue weighted by atomic mass is 15.3. The molecule has 0 spiro atoms. The van der Waals surface area contributed by atoms with Crippen molar-refractivity contribution in [2.75, 3.05) is 11.1 Å². The molecule has 1 atom stereocenters. The lowest BCUT2D eigenvalue weighted by Gasteiger charge is -2.10. The number of hydrogen-bond donors (Lipinski definition) is 2. The summed E-state index contributed by atoms with van der Waals surface area (Å²) in [6, 6.07) is 13.8. The predicted octanol–water partition coefficient (Wildman–Crippen LogP) is 4.21. The summed E-state index contributed by atoms with van der Waals surface area (Å²) in [5.41, 5.74) is 9.96. The maximum absolute atomic E-state index is 9.01. The van der Waals surface area contributed by atoms with Crippen molar-refractivity contribution in [2.45, 2.75) is 19.9 Å². The number of benzene rings is 1. The molecule has 0 aliphatic rings. The highest BCUT2D eigenvalue weighted by molar-refractivity contribution is 5.94. The fourth-order valence-electron chi connectivity index (χ4n) is 3.06. The van der Waals surface area contributed by atoms with Crippen molar-refractivity contribution in [3.63, 3.8) is 0 Å². The Bertz CT molecular complexity index is 1200. The van der Waals surface area contributed by atoms with Gasteiger partial charge in [0.1, 0.15) is 17.7 Å². The minimum Gasteiger partial charge on any atom is -0.383 e. The third-order valence-electron chi connectivity index (χ3n) is 4.62. The van der Waals surface area contributed by atoms with E-state index in [0.717, 1.165) is 33.3 Å². The van der Waals surface area contributed by atoms with Gasteiger partial charge < -0.3 is 11.1 Å². The van der Waals surface area contributed by atoms with Crippen LogP contribution in [0.1, 0.15) is 18.5 Å². The highest BCUT2D eigenvalue weighted by Crippen LogP contribution is 2.29. The lowest BCUT2D eigenvalue weighted by Crippen LogP contribution is -2.02. The second-order valence-electron chi connectivity index (χ2n) is 6.64. The number of fused-ring (bicyclic) bond motifs is 1. The van der Waals surface area contributed by atoms with Crippen LogP contribution in [-0.4, -0.2) is 19.7 Å². The zero-order valence-electron chi connectivity index (χ0n) is 15.6. The zero-order valence-corrected chi connectivity index (χ0v) is 15.6. The molecule has 3 N–H and O–H groups in total. The molecule has 0 unspecified atom stereocenters. The Morgan fingerprint density at radius 1 is 1.21 bits per heavy atom. The molecule has 0 aliphatic heterocycles. The normalized spacial score (nSPS) is 11.9. The number of nitrogens with one attached hydrogen (secondary N) is 1. The predicted molar refractivity (Wildman–Crippen MR) is 110 cm³/mol. The van der Waals surface area contributed by atoms with Crippen molar-refractivity contribution >= 4 is 28.1 Å². The molecule has 4 rings (SSSR count). The molecule has 0 saturated heterocycles. The van der Waals surface area contributed by atoms with Crippen LogP contribution in [-0.2, 0) is 0 Å². The summed E-state index contributed by atoms with van der Waals surface area (Å²) in [5.74, 6) is 1.11. The Kier molecular flexibility index (Phi) is 4.38. The first-order valence-electron chi connectivity index (χ1n) is 8.88. The van der Waals surface area contributed by atoms with E-state index in [0.29, 0.717) is 11.6 Å². The van der Waals surface area contributed by atoms with Crippen LogP contribution >= 0.6 is 0 Å². The van der Waals surface area contributed by atoms with Gasteiger partial charge >= 0.3 is 0 Å². The Hall–Kier alpha value is -3.92. The van der Waals surface area contributed by atoms with E-state index in [9.17, 15) is 0 Å². The number of aryl methyl sites for hydroxylation is 1. The van der Waals surface area contributed by atoms with Crippen LogP contribution in [0.5, 0.6) is 0 Å². The fraction of sp³-hybridized carbons (Fsp3) is 0.143. The SMILES string of the molecule is Cc1ccccc1-c1cc2cc(Nc3cnn([C@H](C)C#N)c3)ncc2c(N)n1. The quantitative estimate of drug-likeness (QED) is 0.558. The minimum absolute atomic E-state index is 0.331. The first-order valence-corrected chi connectivity index (χ1v) is 8.88. The van der Waals surface area contributed by atoms with Crippen molar-refractivity contribution in [1.82, 2.24) is 19.7 Å². The molecule has 0 bridgehead atoms. The van der Waals surface area contributed by atoms with Gasteiger partial charge in [-0.15, -0.1) is 0 Å². The van der Waals surface area contributed by atoms with E-state index in [4.69, 9.17) is 11.0 Å². The molecule has 3 heterocycles. The zero-order chi connectivity index (χ0) is 19.7. The molecule has 3 aromatic heterocycles. The van der Waals surface area contributed by atoms with E-state index in [1.54, 1.807) is 30.2 Å². The van der Waals surface area contributed by atoms with Crippen molar-refractivity contribution in [1.29, 1.82) is 5.26 Å². The molecule has 7 nitrogen and oxygen atoms in total. The number of nitriles is 1. The topological polar surface area (TPSA) is 105 Å². The van der Waals surface area contributed by atoms with Gasteiger partial charge in [-0.3, -0.25) is 4.68 Å². The van der Waals surface area contributed by atoms with Crippen LogP contribution < -0.4 is 11.1 Å². The lowest BCUT2D eigenvalue weighted by atomic mass is 10.0. The van der Waals surface area contributed by atoms with E-state index >= 15 is 0 Å². The van der Waals surface area contributed by atoms with E-state index in [2.05, 4.69) is 39.4 Å². The number of nitrogens with zero attached hydrogens (tertiary/aromatic N) is 5. The molecule has 0 fully saturated rings. The Labute approximate surface area is 162 Å². The molecule has 1 aromatic carbocycles.